The molecule has 1 fully saturated rings. The Morgan fingerprint density at radius 1 is 1.12 bits per heavy atom. The first-order valence-corrected chi connectivity index (χ1v) is 8.18. The van der Waals surface area contributed by atoms with E-state index in [1.165, 1.54) is 57.1 Å². The third kappa shape index (κ3) is 5.58. The Hall–Kier alpha value is 0.310. The Bertz CT molecular complexity index is 162. The van der Waals surface area contributed by atoms with Crippen LogP contribution in [-0.4, -0.2) is 17.0 Å². The van der Waals surface area contributed by atoms with Crippen molar-refractivity contribution in [3.8, 4) is 0 Å². The molecule has 2 N–H and O–H groups in total. The average Bonchev–Trinajstić information content (AvgIpc) is 2.34. The smallest absolute Gasteiger partial charge is 0.0133 e. The quantitative estimate of drug-likeness (QED) is 0.725. The summed E-state index contributed by atoms with van der Waals surface area (Å²) < 4.78 is 0. The maximum atomic E-state index is 6.22. The van der Waals surface area contributed by atoms with Crippen LogP contribution in [0.3, 0.4) is 0 Å². The maximum absolute atomic E-state index is 6.22. The molecule has 16 heavy (non-hydrogen) atoms. The maximum Gasteiger partial charge on any atom is 0.0133 e. The second-order valence-corrected chi connectivity index (χ2v) is 6.60. The van der Waals surface area contributed by atoms with E-state index in [1.807, 2.05) is 0 Å². The van der Waals surface area contributed by atoms with Gasteiger partial charge in [-0.3, -0.25) is 0 Å². The van der Waals surface area contributed by atoms with Gasteiger partial charge in [-0.1, -0.05) is 46.0 Å². The molecule has 1 unspecified atom stereocenters. The Morgan fingerprint density at radius 2 is 1.75 bits per heavy atom. The zero-order valence-electron chi connectivity index (χ0n) is 11.1. The van der Waals surface area contributed by atoms with Gasteiger partial charge in [0, 0.05) is 17.0 Å². The van der Waals surface area contributed by atoms with Crippen LogP contribution in [-0.2, 0) is 0 Å². The monoisotopic (exact) mass is 243 g/mol. The fraction of sp³-hybridized carbons (Fsp3) is 1.00. The summed E-state index contributed by atoms with van der Waals surface area (Å²) in [6, 6.07) is 0.428. The number of nitrogens with two attached hydrogens (primary N) is 1. The predicted octanol–water partition coefficient (Wildman–Crippen LogP) is 4.21. The first-order chi connectivity index (χ1) is 7.76. The molecule has 0 heterocycles. The average molecular weight is 243 g/mol. The van der Waals surface area contributed by atoms with E-state index < -0.39 is 0 Å². The molecule has 1 aliphatic carbocycles. The van der Waals surface area contributed by atoms with Gasteiger partial charge in [0.25, 0.3) is 0 Å². The van der Waals surface area contributed by atoms with Crippen LogP contribution >= 0.6 is 11.8 Å². The minimum atomic E-state index is 0.428. The van der Waals surface area contributed by atoms with Crippen molar-refractivity contribution in [2.75, 3.05) is 5.75 Å². The van der Waals surface area contributed by atoms with Gasteiger partial charge in [-0.15, -0.1) is 0 Å². The van der Waals surface area contributed by atoms with Gasteiger partial charge in [-0.25, -0.2) is 0 Å². The SMILES string of the molecule is CCC(CC)CC(N)CSC1CCCCC1. The molecule has 0 aromatic carbocycles. The molecule has 0 aromatic heterocycles. The minimum Gasteiger partial charge on any atom is -0.327 e. The highest BCUT2D eigenvalue weighted by Gasteiger charge is 2.16. The van der Waals surface area contributed by atoms with Gasteiger partial charge in [0.2, 0.25) is 0 Å². The lowest BCUT2D eigenvalue weighted by Gasteiger charge is -2.24. The number of rotatable bonds is 7. The summed E-state index contributed by atoms with van der Waals surface area (Å²) in [5.41, 5.74) is 6.22. The van der Waals surface area contributed by atoms with E-state index in [1.54, 1.807) is 0 Å². The van der Waals surface area contributed by atoms with Crippen LogP contribution in [0.25, 0.3) is 0 Å². The third-order valence-corrected chi connectivity index (χ3v) is 5.45. The standard InChI is InChI=1S/C14H29NS/c1-3-12(4-2)10-13(15)11-16-14-8-6-5-7-9-14/h12-14H,3-11,15H2,1-2H3. The van der Waals surface area contributed by atoms with Crippen LogP contribution in [0.5, 0.6) is 0 Å². The van der Waals surface area contributed by atoms with Crippen LogP contribution in [0.15, 0.2) is 0 Å². The second-order valence-electron chi connectivity index (χ2n) is 5.27. The van der Waals surface area contributed by atoms with E-state index in [4.69, 9.17) is 5.73 Å². The van der Waals surface area contributed by atoms with E-state index in [2.05, 4.69) is 25.6 Å². The molecule has 96 valence electrons. The summed E-state index contributed by atoms with van der Waals surface area (Å²) >= 11 is 2.14. The van der Waals surface area contributed by atoms with Crippen molar-refractivity contribution < 1.29 is 0 Å². The van der Waals surface area contributed by atoms with Gasteiger partial charge in [0.1, 0.15) is 0 Å². The van der Waals surface area contributed by atoms with Crippen molar-refractivity contribution in [1.29, 1.82) is 0 Å². The zero-order chi connectivity index (χ0) is 11.8. The van der Waals surface area contributed by atoms with Gasteiger partial charge >= 0.3 is 0 Å². The minimum absolute atomic E-state index is 0.428. The first kappa shape index (κ1) is 14.4. The predicted molar refractivity (Wildman–Crippen MR) is 76.0 cm³/mol. The number of hydrogen-bond acceptors (Lipinski definition) is 2. The number of thioether (sulfide) groups is 1. The Balaban J connectivity index is 2.10. The fourth-order valence-electron chi connectivity index (χ4n) is 2.61. The van der Waals surface area contributed by atoms with Gasteiger partial charge in [-0.05, 0) is 25.2 Å². The van der Waals surface area contributed by atoms with Crippen molar-refractivity contribution in [3.63, 3.8) is 0 Å². The van der Waals surface area contributed by atoms with Gasteiger partial charge < -0.3 is 5.73 Å². The molecule has 0 spiro atoms. The Labute approximate surface area is 106 Å². The summed E-state index contributed by atoms with van der Waals surface area (Å²) in [5.74, 6) is 2.03. The topological polar surface area (TPSA) is 26.0 Å². The normalized spacial score (nSPS) is 20.2. The van der Waals surface area contributed by atoms with Gasteiger partial charge in [0.05, 0.1) is 0 Å². The lowest BCUT2D eigenvalue weighted by Crippen LogP contribution is -2.27. The Morgan fingerprint density at radius 3 is 2.31 bits per heavy atom. The van der Waals surface area contributed by atoms with Crippen LogP contribution in [0.4, 0.5) is 0 Å². The van der Waals surface area contributed by atoms with Crippen molar-refractivity contribution in [2.45, 2.75) is 76.5 Å². The van der Waals surface area contributed by atoms with E-state index in [-0.39, 0.29) is 0 Å². The van der Waals surface area contributed by atoms with Crippen LogP contribution < -0.4 is 5.73 Å². The Kier molecular flexibility index (Phi) is 7.55. The van der Waals surface area contributed by atoms with E-state index in [0.717, 1.165) is 11.2 Å². The summed E-state index contributed by atoms with van der Waals surface area (Å²) in [7, 11) is 0. The molecule has 1 aliphatic rings. The van der Waals surface area contributed by atoms with Crippen molar-refractivity contribution in [2.24, 2.45) is 11.7 Å². The molecule has 0 aliphatic heterocycles. The molecule has 2 heteroatoms. The fourth-order valence-corrected chi connectivity index (χ4v) is 3.93. The largest absolute Gasteiger partial charge is 0.327 e. The lowest BCUT2D eigenvalue weighted by molar-refractivity contribution is 0.423. The van der Waals surface area contributed by atoms with Gasteiger partial charge in [0.15, 0.2) is 0 Å². The molecule has 0 bridgehead atoms. The van der Waals surface area contributed by atoms with Crippen molar-refractivity contribution >= 4 is 11.8 Å². The van der Waals surface area contributed by atoms with Crippen molar-refractivity contribution in [1.82, 2.24) is 0 Å². The highest BCUT2D eigenvalue weighted by molar-refractivity contribution is 7.99. The lowest BCUT2D eigenvalue weighted by atomic mass is 9.96. The van der Waals surface area contributed by atoms with E-state index in [9.17, 15) is 0 Å². The van der Waals surface area contributed by atoms with Crippen LogP contribution in [0, 0.1) is 5.92 Å². The van der Waals surface area contributed by atoms with Crippen molar-refractivity contribution in [3.05, 3.63) is 0 Å². The zero-order valence-corrected chi connectivity index (χ0v) is 11.9. The summed E-state index contributed by atoms with van der Waals surface area (Å²) in [6.07, 6.45) is 11.0. The summed E-state index contributed by atoms with van der Waals surface area (Å²) in [5, 5.41) is 0.918. The third-order valence-electron chi connectivity index (χ3n) is 3.89. The van der Waals surface area contributed by atoms with Crippen LogP contribution in [0.2, 0.25) is 0 Å². The molecular weight excluding hydrogens is 214 g/mol. The number of hydrogen-bond donors (Lipinski definition) is 1. The second kappa shape index (κ2) is 8.41. The molecule has 0 saturated heterocycles. The first-order valence-electron chi connectivity index (χ1n) is 7.13. The molecular formula is C14H29NS. The molecule has 1 saturated carbocycles. The highest BCUT2D eigenvalue weighted by Crippen LogP contribution is 2.29. The molecule has 0 aromatic rings. The highest BCUT2D eigenvalue weighted by atomic mass is 32.2. The van der Waals surface area contributed by atoms with Crippen LogP contribution in [0.1, 0.15) is 65.2 Å². The molecule has 1 atom stereocenters. The summed E-state index contributed by atoms with van der Waals surface area (Å²) in [6.45, 7) is 4.57. The van der Waals surface area contributed by atoms with E-state index >= 15 is 0 Å². The molecule has 1 rings (SSSR count). The summed E-state index contributed by atoms with van der Waals surface area (Å²) in [4.78, 5) is 0. The molecule has 1 nitrogen and oxygen atoms in total. The van der Waals surface area contributed by atoms with Gasteiger partial charge in [-0.2, -0.15) is 11.8 Å². The molecule has 0 amide bonds. The molecule has 0 radical (unpaired) electrons. The van der Waals surface area contributed by atoms with E-state index in [0.29, 0.717) is 6.04 Å².